The Balaban J connectivity index is 2.04. The van der Waals surface area contributed by atoms with Crippen molar-refractivity contribution in [3.05, 3.63) is 48.0 Å². The number of hydrogen-bond donors (Lipinski definition) is 0. The van der Waals surface area contributed by atoms with Gasteiger partial charge in [-0.1, -0.05) is 36.4 Å². The van der Waals surface area contributed by atoms with Crippen molar-refractivity contribution >= 4 is 11.4 Å². The third-order valence-electron chi connectivity index (χ3n) is 3.55. The number of ether oxygens (including phenoxy) is 1. The molecular weight excluding hydrogens is 279 g/mol. The first-order valence-electron chi connectivity index (χ1n) is 6.60. The van der Waals surface area contributed by atoms with Gasteiger partial charge in [0, 0.05) is 19.2 Å². The lowest BCUT2D eigenvalue weighted by Crippen LogP contribution is -2.11. The standard InChI is InChI=1S/C16H14F3NO/c1-21-10-9-20-14-12(11-5-3-2-4-6-11)7-8-13(15(14)20)16(17,18)19/h2-8H,9-10H2,1H3. The molecule has 0 saturated carbocycles. The van der Waals surface area contributed by atoms with E-state index in [9.17, 15) is 13.2 Å². The molecule has 1 aliphatic heterocycles. The number of nitrogens with zero attached hydrogens (tertiary/aromatic N) is 1. The van der Waals surface area contributed by atoms with Crippen LogP contribution in [0.15, 0.2) is 42.5 Å². The van der Waals surface area contributed by atoms with E-state index in [-0.39, 0.29) is 5.69 Å². The molecule has 5 heteroatoms. The summed E-state index contributed by atoms with van der Waals surface area (Å²) in [6.07, 6.45) is -4.33. The maximum absolute atomic E-state index is 13.1. The van der Waals surface area contributed by atoms with E-state index < -0.39 is 11.7 Å². The molecule has 1 aliphatic rings. The Kier molecular flexibility index (Phi) is 3.37. The molecule has 3 rings (SSSR count). The van der Waals surface area contributed by atoms with Crippen molar-refractivity contribution in [1.29, 1.82) is 0 Å². The van der Waals surface area contributed by atoms with E-state index in [1.165, 1.54) is 7.11 Å². The third-order valence-corrected chi connectivity index (χ3v) is 3.55. The van der Waals surface area contributed by atoms with Gasteiger partial charge in [-0.05, 0) is 11.6 Å². The van der Waals surface area contributed by atoms with Crippen LogP contribution in [0.5, 0.6) is 0 Å². The number of fused-ring (bicyclic) bond motifs is 1. The van der Waals surface area contributed by atoms with Gasteiger partial charge in [0.1, 0.15) is 0 Å². The monoisotopic (exact) mass is 293 g/mol. The van der Waals surface area contributed by atoms with Crippen LogP contribution in [0.3, 0.4) is 0 Å². The fourth-order valence-corrected chi connectivity index (χ4v) is 2.55. The highest BCUT2D eigenvalue weighted by atomic mass is 19.4. The highest BCUT2D eigenvalue weighted by molar-refractivity contribution is 6.05. The zero-order valence-electron chi connectivity index (χ0n) is 11.4. The highest BCUT2D eigenvalue weighted by Crippen LogP contribution is 2.58. The molecule has 110 valence electrons. The summed E-state index contributed by atoms with van der Waals surface area (Å²) in [4.78, 5) is 1.68. The number of methoxy groups -OCH3 is 1. The van der Waals surface area contributed by atoms with Crippen LogP contribution in [0.25, 0.3) is 11.1 Å². The Labute approximate surface area is 120 Å². The van der Waals surface area contributed by atoms with Crippen LogP contribution < -0.4 is 4.90 Å². The first-order valence-corrected chi connectivity index (χ1v) is 6.60. The molecule has 1 heterocycles. The van der Waals surface area contributed by atoms with Gasteiger partial charge in [-0.2, -0.15) is 13.2 Å². The second kappa shape index (κ2) is 5.07. The molecule has 21 heavy (non-hydrogen) atoms. The lowest BCUT2D eigenvalue weighted by molar-refractivity contribution is -0.136. The van der Waals surface area contributed by atoms with Gasteiger partial charge in [0.15, 0.2) is 0 Å². The van der Waals surface area contributed by atoms with E-state index >= 15 is 0 Å². The molecule has 0 aromatic heterocycles. The first-order chi connectivity index (χ1) is 10.0. The van der Waals surface area contributed by atoms with Crippen LogP contribution in [-0.4, -0.2) is 20.3 Å². The topological polar surface area (TPSA) is 12.2 Å². The molecule has 2 aromatic carbocycles. The minimum absolute atomic E-state index is 0.279. The SMILES string of the molecule is COCCN1c2c(-c3ccccc3)ccc(C(F)(F)F)c21. The summed E-state index contributed by atoms with van der Waals surface area (Å²) in [7, 11) is 1.54. The molecule has 0 aliphatic carbocycles. The maximum Gasteiger partial charge on any atom is 0.418 e. The fourth-order valence-electron chi connectivity index (χ4n) is 2.55. The van der Waals surface area contributed by atoms with Gasteiger partial charge in [0.05, 0.1) is 23.5 Å². The van der Waals surface area contributed by atoms with Crippen LogP contribution in [0.1, 0.15) is 5.56 Å². The van der Waals surface area contributed by atoms with Crippen molar-refractivity contribution in [2.75, 3.05) is 25.2 Å². The number of anilines is 2. The molecule has 0 atom stereocenters. The van der Waals surface area contributed by atoms with Crippen molar-refractivity contribution in [2.45, 2.75) is 6.18 Å². The second-order valence-electron chi connectivity index (χ2n) is 4.87. The Hall–Kier alpha value is -2.01. The van der Waals surface area contributed by atoms with Crippen LogP contribution in [-0.2, 0) is 10.9 Å². The largest absolute Gasteiger partial charge is 0.418 e. The van der Waals surface area contributed by atoms with Crippen molar-refractivity contribution in [2.24, 2.45) is 0 Å². The summed E-state index contributed by atoms with van der Waals surface area (Å²) in [5, 5.41) is 0. The zero-order valence-corrected chi connectivity index (χ0v) is 11.4. The van der Waals surface area contributed by atoms with E-state index in [1.807, 2.05) is 30.3 Å². The molecule has 0 radical (unpaired) electrons. The molecule has 2 aromatic rings. The lowest BCUT2D eigenvalue weighted by atomic mass is 10.0. The average Bonchev–Trinajstić information content (AvgIpc) is 3.18. The Morgan fingerprint density at radius 3 is 2.33 bits per heavy atom. The van der Waals surface area contributed by atoms with E-state index in [4.69, 9.17) is 4.74 Å². The Bertz CT molecular complexity index is 653. The smallest absolute Gasteiger partial charge is 0.383 e. The molecule has 0 fully saturated rings. The first kappa shape index (κ1) is 13.9. The minimum atomic E-state index is -4.33. The van der Waals surface area contributed by atoms with Crippen molar-refractivity contribution in [3.63, 3.8) is 0 Å². The summed E-state index contributed by atoms with van der Waals surface area (Å²) >= 11 is 0. The Morgan fingerprint density at radius 2 is 1.71 bits per heavy atom. The maximum atomic E-state index is 13.1. The van der Waals surface area contributed by atoms with Crippen molar-refractivity contribution in [3.8, 4) is 11.1 Å². The van der Waals surface area contributed by atoms with Crippen molar-refractivity contribution < 1.29 is 17.9 Å². The van der Waals surface area contributed by atoms with Crippen LogP contribution in [0, 0.1) is 0 Å². The quantitative estimate of drug-likeness (QED) is 0.771. The van der Waals surface area contributed by atoms with E-state index in [1.54, 1.807) is 11.0 Å². The molecule has 0 unspecified atom stereocenters. The van der Waals surface area contributed by atoms with E-state index in [2.05, 4.69) is 0 Å². The van der Waals surface area contributed by atoms with Gasteiger partial charge in [-0.3, -0.25) is 0 Å². The molecule has 0 amide bonds. The summed E-state index contributed by atoms with van der Waals surface area (Å²) in [6, 6.07) is 12.1. The Morgan fingerprint density at radius 1 is 1.00 bits per heavy atom. The number of halogens is 3. The molecule has 0 N–H and O–H groups in total. The minimum Gasteiger partial charge on any atom is -0.383 e. The molecule has 0 spiro atoms. The van der Waals surface area contributed by atoms with E-state index in [0.717, 1.165) is 17.2 Å². The second-order valence-corrected chi connectivity index (χ2v) is 4.87. The number of benzene rings is 2. The van der Waals surface area contributed by atoms with E-state index in [0.29, 0.717) is 18.8 Å². The average molecular weight is 293 g/mol. The summed E-state index contributed by atoms with van der Waals surface area (Å²) in [5.41, 5.74) is 2.11. The van der Waals surface area contributed by atoms with Gasteiger partial charge < -0.3 is 9.64 Å². The van der Waals surface area contributed by atoms with Crippen LogP contribution >= 0.6 is 0 Å². The predicted octanol–water partition coefficient (Wildman–Crippen LogP) is 4.47. The predicted molar refractivity (Wildman–Crippen MR) is 75.8 cm³/mol. The van der Waals surface area contributed by atoms with Gasteiger partial charge in [-0.15, -0.1) is 0 Å². The fraction of sp³-hybridized carbons (Fsp3) is 0.250. The van der Waals surface area contributed by atoms with Crippen LogP contribution in [0.2, 0.25) is 0 Å². The van der Waals surface area contributed by atoms with Gasteiger partial charge in [0.25, 0.3) is 0 Å². The lowest BCUT2D eigenvalue weighted by Gasteiger charge is -2.06. The van der Waals surface area contributed by atoms with Crippen molar-refractivity contribution in [1.82, 2.24) is 0 Å². The van der Waals surface area contributed by atoms with Crippen LogP contribution in [0.4, 0.5) is 24.5 Å². The number of alkyl halides is 3. The summed E-state index contributed by atoms with van der Waals surface area (Å²) in [6.45, 7) is 0.818. The van der Waals surface area contributed by atoms with Gasteiger partial charge >= 0.3 is 6.18 Å². The number of rotatable bonds is 4. The highest BCUT2D eigenvalue weighted by Gasteiger charge is 2.44. The normalized spacial score (nSPS) is 13.2. The molecule has 0 saturated heterocycles. The number of hydrogen-bond acceptors (Lipinski definition) is 2. The van der Waals surface area contributed by atoms with Gasteiger partial charge in [-0.25, -0.2) is 0 Å². The summed E-state index contributed by atoms with van der Waals surface area (Å²) < 4.78 is 44.1. The van der Waals surface area contributed by atoms with Gasteiger partial charge in [0.2, 0.25) is 0 Å². The third kappa shape index (κ3) is 2.49. The summed E-state index contributed by atoms with van der Waals surface area (Å²) in [5.74, 6) is 0. The zero-order chi connectivity index (χ0) is 15.0. The molecule has 2 nitrogen and oxygen atoms in total. The molecular formula is C16H14F3NO. The molecule has 0 bridgehead atoms.